The summed E-state index contributed by atoms with van der Waals surface area (Å²) in [7, 11) is 3.32. The first-order valence-electron chi connectivity index (χ1n) is 13.6. The molecule has 0 saturated carbocycles. The molecule has 0 aromatic carbocycles. The Kier molecular flexibility index (Phi) is 8.27. The van der Waals surface area contributed by atoms with Crippen molar-refractivity contribution in [2.75, 3.05) is 19.0 Å². The Morgan fingerprint density at radius 2 is 1.76 bits per heavy atom. The summed E-state index contributed by atoms with van der Waals surface area (Å²) in [6, 6.07) is 1.50. The standard InChI is InChI=1S/C28H40N8O5/c1-17(33-39-9)22-11-10-18(16-35(22)26(38)41-28(5,6)7)21-12-23(32-25(37)40-27(2,3)4)36-24(31-21)20(14-30-36)19-13-29-34(8)15-19/h12-15,18,22H,10-11,16H2,1-9H3,(H,32,37)/b33-17+/t18-,22-/m0/s1. The minimum Gasteiger partial charge on any atom is -0.444 e. The predicted molar refractivity (Wildman–Crippen MR) is 154 cm³/mol. The molecule has 4 rings (SSSR count). The Labute approximate surface area is 239 Å². The number of piperidine rings is 1. The molecule has 41 heavy (non-hydrogen) atoms. The summed E-state index contributed by atoms with van der Waals surface area (Å²) in [6.07, 6.45) is 5.59. The van der Waals surface area contributed by atoms with Crippen molar-refractivity contribution in [3.63, 3.8) is 0 Å². The van der Waals surface area contributed by atoms with Crippen LogP contribution in [0.15, 0.2) is 29.8 Å². The minimum absolute atomic E-state index is 0.157. The number of rotatable bonds is 5. The van der Waals surface area contributed by atoms with E-state index in [-0.39, 0.29) is 12.0 Å². The first kappa shape index (κ1) is 29.8. The van der Waals surface area contributed by atoms with Crippen LogP contribution in [0, 0.1) is 0 Å². The number of nitrogens with zero attached hydrogens (tertiary/aromatic N) is 7. The van der Waals surface area contributed by atoms with Crippen molar-refractivity contribution >= 4 is 29.4 Å². The van der Waals surface area contributed by atoms with Gasteiger partial charge in [-0.15, -0.1) is 0 Å². The van der Waals surface area contributed by atoms with E-state index in [1.54, 1.807) is 53.3 Å². The van der Waals surface area contributed by atoms with E-state index in [4.69, 9.17) is 19.3 Å². The molecule has 3 aromatic heterocycles. The van der Waals surface area contributed by atoms with E-state index in [0.717, 1.165) is 11.1 Å². The summed E-state index contributed by atoms with van der Waals surface area (Å²) in [4.78, 5) is 37.8. The summed E-state index contributed by atoms with van der Waals surface area (Å²) in [5.74, 6) is 0.243. The maximum Gasteiger partial charge on any atom is 0.413 e. The lowest BCUT2D eigenvalue weighted by Gasteiger charge is -2.39. The fourth-order valence-electron chi connectivity index (χ4n) is 4.83. The lowest BCUT2D eigenvalue weighted by atomic mass is 9.88. The summed E-state index contributed by atoms with van der Waals surface area (Å²) in [5, 5.41) is 15.7. The lowest BCUT2D eigenvalue weighted by molar-refractivity contribution is 0.0141. The zero-order chi connectivity index (χ0) is 30.1. The first-order valence-corrected chi connectivity index (χ1v) is 13.6. The molecule has 1 fully saturated rings. The summed E-state index contributed by atoms with van der Waals surface area (Å²) < 4.78 is 14.5. The highest BCUT2D eigenvalue weighted by Gasteiger charge is 2.37. The number of oxime groups is 1. The quantitative estimate of drug-likeness (QED) is 0.336. The van der Waals surface area contributed by atoms with Crippen LogP contribution in [0.4, 0.5) is 15.4 Å². The Bertz CT molecular complexity index is 1450. The molecule has 0 aliphatic carbocycles. The van der Waals surface area contributed by atoms with Crippen molar-refractivity contribution in [3.8, 4) is 11.1 Å². The van der Waals surface area contributed by atoms with Gasteiger partial charge in [0.15, 0.2) is 5.65 Å². The Morgan fingerprint density at radius 3 is 2.37 bits per heavy atom. The third kappa shape index (κ3) is 7.14. The highest BCUT2D eigenvalue weighted by molar-refractivity contribution is 5.90. The van der Waals surface area contributed by atoms with Gasteiger partial charge in [-0.1, -0.05) is 5.16 Å². The maximum absolute atomic E-state index is 13.4. The molecule has 0 unspecified atom stereocenters. The molecule has 1 saturated heterocycles. The number of fused-ring (bicyclic) bond motifs is 1. The van der Waals surface area contributed by atoms with Crippen LogP contribution in [-0.2, 0) is 21.4 Å². The van der Waals surface area contributed by atoms with Gasteiger partial charge in [0.05, 0.1) is 29.8 Å². The van der Waals surface area contributed by atoms with Crippen LogP contribution in [0.2, 0.25) is 0 Å². The van der Waals surface area contributed by atoms with E-state index < -0.39 is 23.4 Å². The van der Waals surface area contributed by atoms with Gasteiger partial charge in [0.2, 0.25) is 0 Å². The number of nitrogens with one attached hydrogen (secondary N) is 1. The zero-order valence-electron chi connectivity index (χ0n) is 25.3. The normalized spacial score (nSPS) is 18.4. The van der Waals surface area contributed by atoms with Gasteiger partial charge in [0.1, 0.15) is 24.1 Å². The van der Waals surface area contributed by atoms with Gasteiger partial charge in [-0.05, 0) is 61.3 Å². The number of anilines is 1. The van der Waals surface area contributed by atoms with E-state index in [1.807, 2.05) is 40.9 Å². The van der Waals surface area contributed by atoms with E-state index in [0.29, 0.717) is 42.3 Å². The first-order chi connectivity index (χ1) is 19.1. The van der Waals surface area contributed by atoms with Crippen molar-refractivity contribution in [1.82, 2.24) is 29.3 Å². The molecule has 4 heterocycles. The number of aromatic nitrogens is 5. The number of carbonyl (C=O) groups excluding carboxylic acids is 2. The smallest absolute Gasteiger partial charge is 0.413 e. The van der Waals surface area contributed by atoms with Crippen molar-refractivity contribution in [2.45, 2.75) is 84.5 Å². The fraction of sp³-hybridized carbons (Fsp3) is 0.571. The van der Waals surface area contributed by atoms with Crippen LogP contribution in [-0.4, -0.2) is 78.1 Å². The molecule has 1 aliphatic heterocycles. The molecule has 2 amide bonds. The van der Waals surface area contributed by atoms with Gasteiger partial charge >= 0.3 is 12.2 Å². The van der Waals surface area contributed by atoms with Crippen molar-refractivity contribution < 1.29 is 23.9 Å². The molecule has 1 N–H and O–H groups in total. The van der Waals surface area contributed by atoms with E-state index >= 15 is 0 Å². The Balaban J connectivity index is 1.76. The summed E-state index contributed by atoms with van der Waals surface area (Å²) >= 11 is 0. The maximum atomic E-state index is 13.4. The van der Waals surface area contributed by atoms with Gasteiger partial charge in [0.25, 0.3) is 0 Å². The number of hydrogen-bond acceptors (Lipinski definition) is 9. The van der Waals surface area contributed by atoms with Crippen molar-refractivity contribution in [2.24, 2.45) is 12.2 Å². The minimum atomic E-state index is -0.683. The van der Waals surface area contributed by atoms with Crippen molar-refractivity contribution in [3.05, 3.63) is 30.4 Å². The van der Waals surface area contributed by atoms with Crippen LogP contribution in [0.5, 0.6) is 0 Å². The van der Waals surface area contributed by atoms with Crippen LogP contribution in [0.25, 0.3) is 16.8 Å². The van der Waals surface area contributed by atoms with Crippen molar-refractivity contribution in [1.29, 1.82) is 0 Å². The second-order valence-electron chi connectivity index (χ2n) is 12.2. The van der Waals surface area contributed by atoms with Crippen LogP contribution in [0.3, 0.4) is 0 Å². The van der Waals surface area contributed by atoms with Gasteiger partial charge in [-0.3, -0.25) is 14.9 Å². The Morgan fingerprint density at radius 1 is 1.05 bits per heavy atom. The average Bonchev–Trinajstić information content (AvgIpc) is 3.47. The third-order valence-electron chi connectivity index (χ3n) is 6.48. The number of likely N-dealkylation sites (tertiary alicyclic amines) is 1. The molecular weight excluding hydrogens is 528 g/mol. The van der Waals surface area contributed by atoms with E-state index in [1.165, 1.54) is 7.11 Å². The number of ether oxygens (including phenoxy) is 2. The molecule has 13 heteroatoms. The molecule has 222 valence electrons. The monoisotopic (exact) mass is 568 g/mol. The van der Waals surface area contributed by atoms with Crippen LogP contribution >= 0.6 is 0 Å². The second-order valence-corrected chi connectivity index (χ2v) is 12.2. The lowest BCUT2D eigenvalue weighted by Crippen LogP contribution is -2.51. The van der Waals surface area contributed by atoms with Crippen LogP contribution in [0.1, 0.15) is 72.9 Å². The molecule has 0 bridgehead atoms. The highest BCUT2D eigenvalue weighted by Crippen LogP contribution is 2.34. The molecule has 13 nitrogen and oxygen atoms in total. The van der Waals surface area contributed by atoms with E-state index in [9.17, 15) is 9.59 Å². The number of aryl methyl sites for hydroxylation is 1. The highest BCUT2D eigenvalue weighted by atomic mass is 16.6. The SMILES string of the molecule is CO/N=C(\C)[C@@H]1CC[C@H](c2cc(NC(=O)OC(C)(C)C)n3ncc(-c4cnn(C)c4)c3n2)CN1C(=O)OC(C)(C)C. The van der Waals surface area contributed by atoms with Gasteiger partial charge < -0.3 is 14.3 Å². The van der Waals surface area contributed by atoms with Gasteiger partial charge in [0, 0.05) is 42.9 Å². The van der Waals surface area contributed by atoms with E-state index in [2.05, 4.69) is 20.7 Å². The molecule has 1 aliphatic rings. The topological polar surface area (TPSA) is 137 Å². The molecule has 3 aromatic rings. The molecule has 2 atom stereocenters. The van der Waals surface area contributed by atoms with Gasteiger partial charge in [-0.2, -0.15) is 14.7 Å². The molecular formula is C28H40N8O5. The number of carbonyl (C=O) groups is 2. The summed E-state index contributed by atoms with van der Waals surface area (Å²) in [6.45, 7) is 13.1. The Hall–Kier alpha value is -4.16. The second kappa shape index (κ2) is 11.4. The molecule has 0 radical (unpaired) electrons. The molecule has 0 spiro atoms. The predicted octanol–water partition coefficient (Wildman–Crippen LogP) is 4.98. The number of amides is 2. The average molecular weight is 569 g/mol. The zero-order valence-corrected chi connectivity index (χ0v) is 25.3. The third-order valence-corrected chi connectivity index (χ3v) is 6.48. The van der Waals surface area contributed by atoms with Gasteiger partial charge in [-0.25, -0.2) is 14.6 Å². The van der Waals surface area contributed by atoms with Crippen LogP contribution < -0.4 is 5.32 Å². The largest absolute Gasteiger partial charge is 0.444 e. The fourth-order valence-corrected chi connectivity index (χ4v) is 4.83. The number of hydrogen-bond donors (Lipinski definition) is 1. The summed E-state index contributed by atoms with van der Waals surface area (Å²) in [5.41, 5.74) is 2.17.